The van der Waals surface area contributed by atoms with Gasteiger partial charge in [0.1, 0.15) is 6.07 Å². The van der Waals surface area contributed by atoms with Gasteiger partial charge in [0, 0.05) is 29.0 Å². The van der Waals surface area contributed by atoms with E-state index in [1.54, 1.807) is 12.1 Å². The fourth-order valence-electron chi connectivity index (χ4n) is 4.69. The Bertz CT molecular complexity index is 1640. The van der Waals surface area contributed by atoms with Crippen LogP contribution in [0.3, 0.4) is 0 Å². The monoisotopic (exact) mass is 581 g/mol. The average Bonchev–Trinajstić information content (AvgIpc) is 3.47. The van der Waals surface area contributed by atoms with Gasteiger partial charge in [0.25, 0.3) is 0 Å². The maximum absolute atomic E-state index is 15.0. The van der Waals surface area contributed by atoms with Crippen LogP contribution in [0.1, 0.15) is 42.1 Å². The van der Waals surface area contributed by atoms with E-state index in [9.17, 15) is 22.8 Å². The first-order valence-corrected chi connectivity index (χ1v) is 13.0. The lowest BCUT2D eigenvalue weighted by Crippen LogP contribution is -2.40. The van der Waals surface area contributed by atoms with Gasteiger partial charge in [0.2, 0.25) is 0 Å². The van der Waals surface area contributed by atoms with E-state index in [4.69, 9.17) is 11.6 Å². The molecule has 4 N–H and O–H groups in total. The summed E-state index contributed by atoms with van der Waals surface area (Å²) in [4.78, 5) is 4.37. The summed E-state index contributed by atoms with van der Waals surface area (Å²) in [6.07, 6.45) is 3.20. The summed E-state index contributed by atoms with van der Waals surface area (Å²) in [7, 11) is 0. The van der Waals surface area contributed by atoms with Crippen molar-refractivity contribution in [3.05, 3.63) is 112 Å². The van der Waals surface area contributed by atoms with Crippen molar-refractivity contribution < 1.29 is 17.6 Å². The van der Waals surface area contributed by atoms with Gasteiger partial charge in [-0.25, -0.2) is 13.8 Å². The van der Waals surface area contributed by atoms with Gasteiger partial charge >= 0.3 is 6.55 Å². The van der Waals surface area contributed by atoms with E-state index in [-0.39, 0.29) is 27.9 Å². The SMILES string of the molecule is CC[C@@H](Nc1c(C#N)cnc2c(Cl)cc(N[C@H](C3=CN(C(F)F)NN3)c3cccc(F)c3F)cc12)c1ccccc1. The molecule has 41 heavy (non-hydrogen) atoms. The predicted octanol–water partition coefficient (Wildman–Crippen LogP) is 7.14. The van der Waals surface area contributed by atoms with Gasteiger partial charge in [-0.3, -0.25) is 4.98 Å². The molecule has 210 valence electrons. The number of aromatic nitrogens is 1. The summed E-state index contributed by atoms with van der Waals surface area (Å²) in [6, 6.07) is 17.5. The fourth-order valence-corrected chi connectivity index (χ4v) is 4.96. The van der Waals surface area contributed by atoms with Crippen LogP contribution >= 0.6 is 11.6 Å². The quantitative estimate of drug-likeness (QED) is 0.123. The second-order valence-corrected chi connectivity index (χ2v) is 9.66. The van der Waals surface area contributed by atoms with Crippen LogP contribution in [-0.2, 0) is 0 Å². The molecular weight excluding hydrogens is 558 g/mol. The van der Waals surface area contributed by atoms with Gasteiger partial charge in [-0.05, 0) is 30.2 Å². The highest BCUT2D eigenvalue weighted by atomic mass is 35.5. The van der Waals surface area contributed by atoms with Crippen molar-refractivity contribution in [1.29, 1.82) is 5.26 Å². The van der Waals surface area contributed by atoms with Crippen molar-refractivity contribution in [3.8, 4) is 6.07 Å². The lowest BCUT2D eigenvalue weighted by molar-refractivity contribution is -0.0246. The Morgan fingerprint density at radius 3 is 2.54 bits per heavy atom. The van der Waals surface area contributed by atoms with Gasteiger partial charge in [-0.15, -0.1) is 5.53 Å². The van der Waals surface area contributed by atoms with E-state index in [1.807, 2.05) is 37.3 Å². The van der Waals surface area contributed by atoms with Crippen molar-refractivity contribution in [1.82, 2.24) is 21.0 Å². The molecule has 0 spiro atoms. The van der Waals surface area contributed by atoms with E-state index >= 15 is 0 Å². The summed E-state index contributed by atoms with van der Waals surface area (Å²) in [5, 5.41) is 17.7. The number of fused-ring (bicyclic) bond motifs is 1. The van der Waals surface area contributed by atoms with Crippen LogP contribution in [0, 0.1) is 23.0 Å². The molecular formula is C29H24ClF4N7. The minimum Gasteiger partial charge on any atom is -0.377 e. The van der Waals surface area contributed by atoms with Crippen molar-refractivity contribution >= 4 is 33.9 Å². The van der Waals surface area contributed by atoms with Gasteiger partial charge < -0.3 is 16.1 Å². The molecule has 2 heterocycles. The Labute approximate surface area is 238 Å². The molecule has 12 heteroatoms. The first-order valence-electron chi connectivity index (χ1n) is 12.6. The van der Waals surface area contributed by atoms with Crippen molar-refractivity contribution in [3.63, 3.8) is 0 Å². The number of benzene rings is 3. The Balaban J connectivity index is 1.61. The van der Waals surface area contributed by atoms with Crippen LogP contribution in [0.5, 0.6) is 0 Å². The minimum absolute atomic E-state index is 0.100. The van der Waals surface area contributed by atoms with E-state index < -0.39 is 24.2 Å². The molecule has 0 amide bonds. The number of hydrazine groups is 2. The lowest BCUT2D eigenvalue weighted by Gasteiger charge is -2.24. The zero-order valence-electron chi connectivity index (χ0n) is 21.6. The normalized spacial score (nSPS) is 14.4. The molecule has 0 unspecified atom stereocenters. The molecule has 3 aromatic carbocycles. The smallest absolute Gasteiger partial charge is 0.329 e. The molecule has 1 aliphatic heterocycles. The Hall–Kier alpha value is -4.53. The van der Waals surface area contributed by atoms with Gasteiger partial charge in [0.15, 0.2) is 11.6 Å². The van der Waals surface area contributed by atoms with E-state index in [0.29, 0.717) is 33.7 Å². The number of rotatable bonds is 9. The third kappa shape index (κ3) is 5.70. The van der Waals surface area contributed by atoms with Crippen LogP contribution in [0.4, 0.5) is 28.9 Å². The topological polar surface area (TPSA) is 88.0 Å². The lowest BCUT2D eigenvalue weighted by atomic mass is 10.0. The number of hydrogen-bond donors (Lipinski definition) is 4. The molecule has 5 rings (SSSR count). The van der Waals surface area contributed by atoms with Crippen LogP contribution in [0.2, 0.25) is 5.02 Å². The van der Waals surface area contributed by atoms with E-state index in [0.717, 1.165) is 17.8 Å². The molecule has 7 nitrogen and oxygen atoms in total. The average molecular weight is 582 g/mol. The maximum atomic E-state index is 15.0. The minimum atomic E-state index is -2.90. The fraction of sp³-hybridized carbons (Fsp3) is 0.172. The summed E-state index contributed by atoms with van der Waals surface area (Å²) < 4.78 is 55.8. The number of nitrogens with zero attached hydrogens (tertiary/aromatic N) is 3. The molecule has 0 saturated heterocycles. The molecule has 0 bridgehead atoms. The first-order chi connectivity index (χ1) is 19.8. The number of nitriles is 1. The molecule has 0 saturated carbocycles. The standard InChI is InChI=1S/C29H24ClF4N7/c1-2-23(16-7-4-3-5-8-16)38-26-17(13-35)14-36-27-20(26)11-18(12-21(27)30)37-28(19-9-6-10-22(31)25(19)32)24-15-41(29(33)34)40-39-24/h3-12,14-15,23,28-29,37,39-40H,2H2,1H3,(H,36,38)/t23-,28+/m1/s1. The molecule has 0 radical (unpaired) electrons. The number of nitrogens with one attached hydrogen (secondary N) is 4. The number of halogens is 5. The van der Waals surface area contributed by atoms with Crippen molar-refractivity contribution in [2.24, 2.45) is 0 Å². The Morgan fingerprint density at radius 2 is 1.85 bits per heavy atom. The van der Waals surface area contributed by atoms with Gasteiger partial charge in [0.05, 0.1) is 39.6 Å². The van der Waals surface area contributed by atoms with Gasteiger partial charge in [-0.1, -0.05) is 61.0 Å². The number of hydrogen-bond acceptors (Lipinski definition) is 7. The Morgan fingerprint density at radius 1 is 1.07 bits per heavy atom. The van der Waals surface area contributed by atoms with Gasteiger partial charge in [-0.2, -0.15) is 14.0 Å². The third-order valence-corrected chi connectivity index (χ3v) is 6.99. The highest BCUT2D eigenvalue weighted by molar-refractivity contribution is 6.35. The highest BCUT2D eigenvalue weighted by Gasteiger charge is 2.29. The molecule has 0 aliphatic carbocycles. The van der Waals surface area contributed by atoms with Crippen LogP contribution in [0.25, 0.3) is 10.9 Å². The van der Waals surface area contributed by atoms with E-state index in [2.05, 4.69) is 32.6 Å². The largest absolute Gasteiger partial charge is 0.377 e. The van der Waals surface area contributed by atoms with Crippen molar-refractivity contribution in [2.45, 2.75) is 32.0 Å². The first kappa shape index (κ1) is 28.0. The maximum Gasteiger partial charge on any atom is 0.329 e. The van der Waals surface area contributed by atoms with Crippen LogP contribution < -0.4 is 21.6 Å². The summed E-state index contributed by atoms with van der Waals surface area (Å²) in [5.41, 5.74) is 7.41. The van der Waals surface area contributed by atoms with Crippen molar-refractivity contribution in [2.75, 3.05) is 10.6 Å². The Kier molecular flexibility index (Phi) is 8.14. The zero-order chi connectivity index (χ0) is 29.1. The predicted molar refractivity (Wildman–Crippen MR) is 149 cm³/mol. The molecule has 0 fully saturated rings. The number of pyridine rings is 1. The molecule has 4 aromatic rings. The number of anilines is 2. The summed E-state index contributed by atoms with van der Waals surface area (Å²) >= 11 is 6.63. The highest BCUT2D eigenvalue weighted by Crippen LogP contribution is 2.38. The van der Waals surface area contributed by atoms with Crippen LogP contribution in [-0.4, -0.2) is 16.5 Å². The summed E-state index contributed by atoms with van der Waals surface area (Å²) in [5.74, 6) is -2.23. The zero-order valence-corrected chi connectivity index (χ0v) is 22.4. The second kappa shape index (κ2) is 11.9. The van der Waals surface area contributed by atoms with Crippen LogP contribution in [0.15, 0.2) is 78.8 Å². The number of alkyl halides is 2. The van der Waals surface area contributed by atoms with E-state index in [1.165, 1.54) is 18.3 Å². The molecule has 1 aliphatic rings. The molecule has 1 aromatic heterocycles. The second-order valence-electron chi connectivity index (χ2n) is 9.26. The third-order valence-electron chi connectivity index (χ3n) is 6.71. The summed E-state index contributed by atoms with van der Waals surface area (Å²) in [6.45, 7) is -0.884. The molecule has 2 atom stereocenters.